The predicted molar refractivity (Wildman–Crippen MR) is 74.5 cm³/mol. The lowest BCUT2D eigenvalue weighted by Crippen LogP contribution is -2.42. The molecule has 0 saturated carbocycles. The molecule has 0 bridgehead atoms. The van der Waals surface area contributed by atoms with E-state index in [9.17, 15) is 9.59 Å². The summed E-state index contributed by atoms with van der Waals surface area (Å²) in [6.07, 6.45) is 3.69. The number of furan rings is 1. The first kappa shape index (κ1) is 12.9. The van der Waals surface area contributed by atoms with Crippen LogP contribution in [0.25, 0.3) is 0 Å². The van der Waals surface area contributed by atoms with Crippen LogP contribution in [0, 0.1) is 0 Å². The Balaban J connectivity index is 1.54. The molecule has 0 atom stereocenters. The molecule has 6 heteroatoms. The van der Waals surface area contributed by atoms with E-state index in [1.54, 1.807) is 22.3 Å². The van der Waals surface area contributed by atoms with E-state index in [1.165, 1.54) is 23.0 Å². The highest BCUT2D eigenvalue weighted by molar-refractivity contribution is 7.10. The van der Waals surface area contributed by atoms with Crippen molar-refractivity contribution in [3.8, 4) is 0 Å². The fourth-order valence-corrected chi connectivity index (χ4v) is 3.11. The van der Waals surface area contributed by atoms with E-state index in [0.29, 0.717) is 18.7 Å². The monoisotopic (exact) mass is 290 g/mol. The molecule has 0 aliphatic carbocycles. The topological polar surface area (TPSA) is 62.6 Å². The van der Waals surface area contributed by atoms with Crippen molar-refractivity contribution in [2.24, 2.45) is 0 Å². The number of thiophene rings is 1. The number of amides is 2. The van der Waals surface area contributed by atoms with Gasteiger partial charge in [0, 0.05) is 18.0 Å². The second-order valence-corrected chi connectivity index (χ2v) is 5.63. The number of carbonyl (C=O) groups is 2. The van der Waals surface area contributed by atoms with Gasteiger partial charge in [0.2, 0.25) is 5.91 Å². The van der Waals surface area contributed by atoms with Crippen molar-refractivity contribution < 1.29 is 14.0 Å². The summed E-state index contributed by atoms with van der Waals surface area (Å²) in [4.78, 5) is 26.9. The van der Waals surface area contributed by atoms with Crippen LogP contribution in [-0.4, -0.2) is 29.8 Å². The summed E-state index contributed by atoms with van der Waals surface area (Å²) in [7, 11) is 0. The largest absolute Gasteiger partial charge is 0.472 e. The Hall–Kier alpha value is -2.08. The molecule has 0 saturated heterocycles. The predicted octanol–water partition coefficient (Wildman–Crippen LogP) is 1.66. The third-order valence-corrected chi connectivity index (χ3v) is 4.37. The molecule has 3 heterocycles. The third kappa shape index (κ3) is 2.60. The Morgan fingerprint density at radius 2 is 2.30 bits per heavy atom. The molecule has 0 spiro atoms. The number of fused-ring (bicyclic) bond motifs is 1. The van der Waals surface area contributed by atoms with E-state index in [-0.39, 0.29) is 18.4 Å². The molecule has 0 aromatic carbocycles. The van der Waals surface area contributed by atoms with Gasteiger partial charge in [-0.2, -0.15) is 0 Å². The van der Waals surface area contributed by atoms with E-state index >= 15 is 0 Å². The van der Waals surface area contributed by atoms with Crippen LogP contribution >= 0.6 is 11.3 Å². The van der Waals surface area contributed by atoms with Gasteiger partial charge in [0.25, 0.3) is 5.91 Å². The van der Waals surface area contributed by atoms with Crippen LogP contribution < -0.4 is 5.32 Å². The minimum Gasteiger partial charge on any atom is -0.472 e. The van der Waals surface area contributed by atoms with Crippen molar-refractivity contribution in [3.63, 3.8) is 0 Å². The molecule has 3 rings (SSSR count). The molecule has 2 aromatic heterocycles. The Labute approximate surface area is 120 Å². The van der Waals surface area contributed by atoms with Gasteiger partial charge in [-0.25, -0.2) is 0 Å². The standard InChI is InChI=1S/C14H14N2O3S/c17-13(7-15-14(18)11-2-5-19-9-11)16-4-1-12-10(8-16)3-6-20-12/h2-3,5-6,9H,1,4,7-8H2,(H,15,18). The molecule has 1 N–H and O–H groups in total. The zero-order valence-corrected chi connectivity index (χ0v) is 11.6. The minimum atomic E-state index is -0.291. The van der Waals surface area contributed by atoms with Gasteiger partial charge in [-0.1, -0.05) is 0 Å². The molecule has 1 aliphatic rings. The Bertz CT molecular complexity index is 618. The van der Waals surface area contributed by atoms with Gasteiger partial charge in [-0.3, -0.25) is 9.59 Å². The van der Waals surface area contributed by atoms with Crippen LogP contribution in [0.2, 0.25) is 0 Å². The molecular weight excluding hydrogens is 276 g/mol. The summed E-state index contributed by atoms with van der Waals surface area (Å²) in [5, 5.41) is 4.67. The van der Waals surface area contributed by atoms with E-state index in [1.807, 2.05) is 0 Å². The van der Waals surface area contributed by atoms with Gasteiger partial charge >= 0.3 is 0 Å². The van der Waals surface area contributed by atoms with Crippen LogP contribution in [0.15, 0.2) is 34.5 Å². The summed E-state index contributed by atoms with van der Waals surface area (Å²) in [6.45, 7) is 1.37. The van der Waals surface area contributed by atoms with Gasteiger partial charge < -0.3 is 14.6 Å². The quantitative estimate of drug-likeness (QED) is 0.935. The Morgan fingerprint density at radius 3 is 3.10 bits per heavy atom. The van der Waals surface area contributed by atoms with Crippen LogP contribution in [-0.2, 0) is 17.8 Å². The molecule has 1 aliphatic heterocycles. The summed E-state index contributed by atoms with van der Waals surface area (Å²) in [5.41, 5.74) is 1.65. The number of nitrogens with one attached hydrogen (secondary N) is 1. The molecule has 0 fully saturated rings. The normalized spacial score (nSPS) is 13.9. The molecular formula is C14H14N2O3S. The fourth-order valence-electron chi connectivity index (χ4n) is 2.22. The minimum absolute atomic E-state index is 0.0173. The van der Waals surface area contributed by atoms with Crippen molar-refractivity contribution in [2.45, 2.75) is 13.0 Å². The lowest BCUT2D eigenvalue weighted by atomic mass is 10.1. The fraction of sp³-hybridized carbons (Fsp3) is 0.286. The average molecular weight is 290 g/mol. The molecule has 2 aromatic rings. The Morgan fingerprint density at radius 1 is 1.40 bits per heavy atom. The van der Waals surface area contributed by atoms with Crippen molar-refractivity contribution in [1.29, 1.82) is 0 Å². The first-order valence-corrected chi connectivity index (χ1v) is 7.25. The third-order valence-electron chi connectivity index (χ3n) is 3.34. The van der Waals surface area contributed by atoms with Crippen LogP contribution in [0.5, 0.6) is 0 Å². The van der Waals surface area contributed by atoms with Gasteiger partial charge in [0.05, 0.1) is 18.4 Å². The zero-order valence-electron chi connectivity index (χ0n) is 10.8. The Kier molecular flexibility index (Phi) is 3.56. The first-order chi connectivity index (χ1) is 9.74. The average Bonchev–Trinajstić information content (AvgIpc) is 3.13. The van der Waals surface area contributed by atoms with Crippen molar-refractivity contribution in [3.05, 3.63) is 46.0 Å². The summed E-state index contributed by atoms with van der Waals surface area (Å²) >= 11 is 1.74. The maximum Gasteiger partial charge on any atom is 0.254 e. The highest BCUT2D eigenvalue weighted by Gasteiger charge is 2.21. The summed E-state index contributed by atoms with van der Waals surface area (Å²) in [5.74, 6) is -0.348. The second kappa shape index (κ2) is 5.50. The number of nitrogens with zero attached hydrogens (tertiary/aromatic N) is 1. The maximum atomic E-state index is 12.1. The smallest absolute Gasteiger partial charge is 0.254 e. The highest BCUT2D eigenvalue weighted by atomic mass is 32.1. The van der Waals surface area contributed by atoms with Crippen molar-refractivity contribution in [1.82, 2.24) is 10.2 Å². The molecule has 5 nitrogen and oxygen atoms in total. The van der Waals surface area contributed by atoms with Crippen LogP contribution in [0.1, 0.15) is 20.8 Å². The van der Waals surface area contributed by atoms with Gasteiger partial charge in [-0.15, -0.1) is 11.3 Å². The number of rotatable bonds is 3. The van der Waals surface area contributed by atoms with Gasteiger partial charge in [0.15, 0.2) is 0 Å². The van der Waals surface area contributed by atoms with Crippen molar-refractivity contribution in [2.75, 3.05) is 13.1 Å². The van der Waals surface area contributed by atoms with Crippen LogP contribution in [0.3, 0.4) is 0 Å². The van der Waals surface area contributed by atoms with Crippen LogP contribution in [0.4, 0.5) is 0 Å². The van der Waals surface area contributed by atoms with Crippen molar-refractivity contribution >= 4 is 23.2 Å². The van der Waals surface area contributed by atoms with Gasteiger partial charge in [0.1, 0.15) is 6.26 Å². The number of carbonyl (C=O) groups excluding carboxylic acids is 2. The summed E-state index contributed by atoms with van der Waals surface area (Å²) < 4.78 is 4.83. The number of hydrogen-bond donors (Lipinski definition) is 1. The molecule has 0 radical (unpaired) electrons. The molecule has 2 amide bonds. The van der Waals surface area contributed by atoms with E-state index in [2.05, 4.69) is 16.8 Å². The SMILES string of the molecule is O=C(NCC(=O)N1CCc2sccc2C1)c1ccoc1. The maximum absolute atomic E-state index is 12.1. The molecule has 0 unspecified atom stereocenters. The molecule has 20 heavy (non-hydrogen) atoms. The lowest BCUT2D eigenvalue weighted by Gasteiger charge is -2.27. The molecule has 104 valence electrons. The second-order valence-electron chi connectivity index (χ2n) is 4.63. The van der Waals surface area contributed by atoms with E-state index in [0.717, 1.165) is 6.42 Å². The van der Waals surface area contributed by atoms with E-state index in [4.69, 9.17) is 4.42 Å². The highest BCUT2D eigenvalue weighted by Crippen LogP contribution is 2.23. The van der Waals surface area contributed by atoms with Gasteiger partial charge in [-0.05, 0) is 29.5 Å². The number of hydrogen-bond acceptors (Lipinski definition) is 4. The zero-order chi connectivity index (χ0) is 13.9. The summed E-state index contributed by atoms with van der Waals surface area (Å²) in [6, 6.07) is 3.63. The first-order valence-electron chi connectivity index (χ1n) is 6.37. The van der Waals surface area contributed by atoms with E-state index < -0.39 is 0 Å². The lowest BCUT2D eigenvalue weighted by molar-refractivity contribution is -0.131.